The van der Waals surface area contributed by atoms with Gasteiger partial charge in [-0.1, -0.05) is 18.5 Å². The minimum Gasteiger partial charge on any atom is -0.438 e. The van der Waals surface area contributed by atoms with E-state index in [9.17, 15) is 4.39 Å². The van der Waals surface area contributed by atoms with E-state index in [1.807, 2.05) is 6.92 Å². The van der Waals surface area contributed by atoms with Crippen LogP contribution in [0.25, 0.3) is 0 Å². The number of aromatic nitrogens is 2. The number of benzene rings is 1. The van der Waals surface area contributed by atoms with Crippen molar-refractivity contribution in [2.45, 2.75) is 27.2 Å². The van der Waals surface area contributed by atoms with Crippen molar-refractivity contribution in [3.8, 4) is 11.6 Å². The Hall–Kier alpha value is -1.88. The molecule has 112 valence electrons. The fourth-order valence-corrected chi connectivity index (χ4v) is 1.94. The molecular weight excluding hydrogens is 293 g/mol. The molecule has 0 aliphatic heterocycles. The molecule has 0 unspecified atom stereocenters. The Kier molecular flexibility index (Phi) is 4.96. The summed E-state index contributed by atoms with van der Waals surface area (Å²) >= 11 is 5.75. The summed E-state index contributed by atoms with van der Waals surface area (Å²) in [6.45, 7) is 6.56. The highest BCUT2D eigenvalue weighted by Crippen LogP contribution is 2.29. The average molecular weight is 310 g/mol. The third kappa shape index (κ3) is 3.82. The van der Waals surface area contributed by atoms with E-state index in [1.54, 1.807) is 6.92 Å². The number of aryl methyl sites for hydroxylation is 1. The zero-order valence-electron chi connectivity index (χ0n) is 12.2. The van der Waals surface area contributed by atoms with Crippen molar-refractivity contribution >= 4 is 17.4 Å². The van der Waals surface area contributed by atoms with Gasteiger partial charge in [-0.3, -0.25) is 0 Å². The Balaban J connectivity index is 2.30. The van der Waals surface area contributed by atoms with Crippen LogP contribution in [0.1, 0.15) is 24.7 Å². The highest BCUT2D eigenvalue weighted by atomic mass is 35.5. The van der Waals surface area contributed by atoms with E-state index in [0.717, 1.165) is 24.3 Å². The molecule has 0 atom stereocenters. The van der Waals surface area contributed by atoms with Crippen LogP contribution < -0.4 is 10.1 Å². The lowest BCUT2D eigenvalue weighted by Crippen LogP contribution is -2.07. The van der Waals surface area contributed by atoms with Gasteiger partial charge >= 0.3 is 0 Å². The van der Waals surface area contributed by atoms with Gasteiger partial charge in [0.1, 0.15) is 23.2 Å². The van der Waals surface area contributed by atoms with Crippen LogP contribution in [0.5, 0.6) is 11.6 Å². The minimum atomic E-state index is -0.482. The average Bonchev–Trinajstić information content (AvgIpc) is 2.45. The van der Waals surface area contributed by atoms with Gasteiger partial charge in [0.05, 0.1) is 10.6 Å². The van der Waals surface area contributed by atoms with Gasteiger partial charge in [-0.2, -0.15) is 4.98 Å². The Morgan fingerprint density at radius 1 is 1.29 bits per heavy atom. The molecule has 1 aromatic heterocycles. The number of nitrogens with zero attached hydrogens (tertiary/aromatic N) is 2. The number of nitrogens with one attached hydrogen (secondary N) is 1. The normalized spacial score (nSPS) is 10.5. The lowest BCUT2D eigenvalue weighted by molar-refractivity contribution is 0.454. The molecule has 1 N–H and O–H groups in total. The smallest absolute Gasteiger partial charge is 0.227 e. The van der Waals surface area contributed by atoms with Crippen LogP contribution in [-0.4, -0.2) is 16.5 Å². The Labute approximate surface area is 128 Å². The van der Waals surface area contributed by atoms with E-state index in [0.29, 0.717) is 17.5 Å². The van der Waals surface area contributed by atoms with Crippen molar-refractivity contribution in [2.24, 2.45) is 0 Å². The van der Waals surface area contributed by atoms with Crippen molar-refractivity contribution < 1.29 is 9.13 Å². The molecule has 1 aromatic carbocycles. The van der Waals surface area contributed by atoms with Crippen molar-refractivity contribution in [2.75, 3.05) is 11.9 Å². The summed E-state index contributed by atoms with van der Waals surface area (Å²) in [7, 11) is 0. The van der Waals surface area contributed by atoms with Gasteiger partial charge in [0.25, 0.3) is 0 Å². The first-order valence-corrected chi connectivity index (χ1v) is 7.11. The van der Waals surface area contributed by atoms with E-state index >= 15 is 0 Å². The standard InChI is InChI=1S/C15H17ClFN3O/c1-4-7-18-14-9(2)15(20-10(3)19-14)21-11-5-6-13(17)12(16)8-11/h5-6,8H,4,7H2,1-3H3,(H,18,19,20). The molecular formula is C15H17ClFN3O. The minimum absolute atomic E-state index is 0.0141. The van der Waals surface area contributed by atoms with Crippen LogP contribution in [-0.2, 0) is 0 Å². The fourth-order valence-electron chi connectivity index (χ4n) is 1.77. The monoisotopic (exact) mass is 309 g/mol. The third-order valence-corrected chi connectivity index (χ3v) is 3.15. The van der Waals surface area contributed by atoms with Crippen LogP contribution in [0.3, 0.4) is 0 Å². The summed E-state index contributed by atoms with van der Waals surface area (Å²) in [4.78, 5) is 8.63. The first-order valence-electron chi connectivity index (χ1n) is 6.73. The first-order chi connectivity index (χ1) is 10.0. The van der Waals surface area contributed by atoms with Crippen molar-refractivity contribution in [3.63, 3.8) is 0 Å². The van der Waals surface area contributed by atoms with Gasteiger partial charge < -0.3 is 10.1 Å². The zero-order chi connectivity index (χ0) is 15.4. The highest BCUT2D eigenvalue weighted by Gasteiger charge is 2.12. The highest BCUT2D eigenvalue weighted by molar-refractivity contribution is 6.30. The maximum atomic E-state index is 13.2. The molecule has 0 fully saturated rings. The molecule has 2 rings (SSSR count). The number of anilines is 1. The van der Waals surface area contributed by atoms with Gasteiger partial charge in [0.15, 0.2) is 0 Å². The van der Waals surface area contributed by atoms with Gasteiger partial charge in [-0.15, -0.1) is 0 Å². The van der Waals surface area contributed by atoms with Crippen molar-refractivity contribution in [3.05, 3.63) is 40.4 Å². The number of halogens is 2. The molecule has 0 bridgehead atoms. The molecule has 0 aliphatic carbocycles. The maximum absolute atomic E-state index is 13.2. The largest absolute Gasteiger partial charge is 0.438 e. The summed E-state index contributed by atoms with van der Waals surface area (Å²) in [5, 5.41) is 3.25. The Morgan fingerprint density at radius 3 is 2.71 bits per heavy atom. The predicted octanol–water partition coefficient (Wildman–Crippen LogP) is 4.50. The molecule has 0 amide bonds. The van der Waals surface area contributed by atoms with Gasteiger partial charge in [-0.05, 0) is 32.4 Å². The van der Waals surface area contributed by atoms with E-state index in [-0.39, 0.29) is 5.02 Å². The fraction of sp³-hybridized carbons (Fsp3) is 0.333. The lowest BCUT2D eigenvalue weighted by Gasteiger charge is -2.13. The molecule has 1 heterocycles. The number of hydrogen-bond donors (Lipinski definition) is 1. The second kappa shape index (κ2) is 6.72. The van der Waals surface area contributed by atoms with E-state index < -0.39 is 5.82 Å². The van der Waals surface area contributed by atoms with Crippen molar-refractivity contribution in [1.82, 2.24) is 9.97 Å². The summed E-state index contributed by atoms with van der Waals surface area (Å²) in [6, 6.07) is 4.20. The Morgan fingerprint density at radius 2 is 2.05 bits per heavy atom. The topological polar surface area (TPSA) is 47.0 Å². The predicted molar refractivity (Wildman–Crippen MR) is 81.8 cm³/mol. The molecule has 0 spiro atoms. The van der Waals surface area contributed by atoms with Crippen molar-refractivity contribution in [1.29, 1.82) is 0 Å². The Bertz CT molecular complexity index is 649. The molecule has 0 radical (unpaired) electrons. The van der Waals surface area contributed by atoms with Crippen LogP contribution >= 0.6 is 11.6 Å². The molecule has 0 saturated heterocycles. The van der Waals surface area contributed by atoms with E-state index in [4.69, 9.17) is 16.3 Å². The van der Waals surface area contributed by atoms with Crippen LogP contribution in [0.15, 0.2) is 18.2 Å². The number of hydrogen-bond acceptors (Lipinski definition) is 4. The van der Waals surface area contributed by atoms with Gasteiger partial charge in [0, 0.05) is 12.6 Å². The number of ether oxygens (including phenoxy) is 1. The molecule has 6 heteroatoms. The lowest BCUT2D eigenvalue weighted by atomic mass is 10.3. The van der Waals surface area contributed by atoms with Gasteiger partial charge in [0.2, 0.25) is 5.88 Å². The maximum Gasteiger partial charge on any atom is 0.227 e. The summed E-state index contributed by atoms with van der Waals surface area (Å²) < 4.78 is 18.9. The first kappa shape index (κ1) is 15.5. The van der Waals surface area contributed by atoms with E-state index in [2.05, 4.69) is 22.2 Å². The summed E-state index contributed by atoms with van der Waals surface area (Å²) in [5.74, 6) is 1.73. The molecule has 0 saturated carbocycles. The molecule has 4 nitrogen and oxygen atoms in total. The number of rotatable bonds is 5. The third-order valence-electron chi connectivity index (χ3n) is 2.86. The second-order valence-corrected chi connectivity index (χ2v) is 5.06. The van der Waals surface area contributed by atoms with E-state index in [1.165, 1.54) is 18.2 Å². The molecule has 21 heavy (non-hydrogen) atoms. The summed E-state index contributed by atoms with van der Waals surface area (Å²) in [6.07, 6.45) is 0.992. The zero-order valence-corrected chi connectivity index (χ0v) is 13.0. The van der Waals surface area contributed by atoms with Gasteiger partial charge in [-0.25, -0.2) is 9.37 Å². The molecule has 0 aliphatic rings. The van der Waals surface area contributed by atoms with Crippen LogP contribution in [0.4, 0.5) is 10.2 Å². The second-order valence-electron chi connectivity index (χ2n) is 4.65. The van der Waals surface area contributed by atoms with Crippen LogP contribution in [0, 0.1) is 19.7 Å². The molecule has 2 aromatic rings. The van der Waals surface area contributed by atoms with Crippen LogP contribution in [0.2, 0.25) is 5.02 Å². The quantitative estimate of drug-likeness (QED) is 0.883. The summed E-state index contributed by atoms with van der Waals surface area (Å²) in [5.41, 5.74) is 0.800. The SMILES string of the molecule is CCCNc1nc(C)nc(Oc2ccc(F)c(Cl)c2)c1C.